The molecular weight excluding hydrogens is 199 g/mol. The van der Waals surface area contributed by atoms with E-state index in [1.807, 2.05) is 0 Å². The van der Waals surface area contributed by atoms with Crippen molar-refractivity contribution in [3.05, 3.63) is 50.3 Å². The maximum atomic E-state index is 7.50. The van der Waals surface area contributed by atoms with Gasteiger partial charge in [-0.05, 0) is 0 Å². The van der Waals surface area contributed by atoms with E-state index in [2.05, 4.69) is 44.2 Å². The van der Waals surface area contributed by atoms with Crippen LogP contribution in [0.2, 0.25) is 0 Å². The van der Waals surface area contributed by atoms with Crippen LogP contribution in [0.5, 0.6) is 0 Å². The molecule has 0 bridgehead atoms. The van der Waals surface area contributed by atoms with Gasteiger partial charge in [0, 0.05) is 17.1 Å². The molecule has 0 spiro atoms. The molecule has 1 radical (unpaired) electrons. The Hall–Kier alpha value is -0.911. The smallest absolute Gasteiger partial charge is 0 e. The molecule has 0 aliphatic rings. The predicted octanol–water partition coefficient (Wildman–Crippen LogP) is 0.491. The average molecular weight is 200 g/mol. The third-order valence-electron chi connectivity index (χ3n) is 0.351. The Kier molecular flexibility index (Phi) is 93.3. The van der Waals surface area contributed by atoms with Crippen molar-refractivity contribution < 1.29 is 31.0 Å². The van der Waals surface area contributed by atoms with Crippen LogP contribution in [0.25, 0.3) is 0 Å². The Morgan fingerprint density at radius 1 is 0.750 bits per heavy atom. The van der Waals surface area contributed by atoms with Crippen molar-refractivity contribution in [3.8, 4) is 0 Å². The van der Waals surface area contributed by atoms with Gasteiger partial charge in [0.2, 0.25) is 0 Å². The van der Waals surface area contributed by atoms with Crippen molar-refractivity contribution >= 4 is 0 Å². The summed E-state index contributed by atoms with van der Waals surface area (Å²) in [5.41, 5.74) is 0. The number of rotatable bonds is 0. The van der Waals surface area contributed by atoms with E-state index in [4.69, 9.17) is 14.0 Å². The largest absolute Gasteiger partial charge is 0.999 e. The first kappa shape index (κ1) is 22.5. The topological polar surface area (TPSA) is 59.7 Å². The van der Waals surface area contributed by atoms with E-state index >= 15 is 0 Å². The summed E-state index contributed by atoms with van der Waals surface area (Å²) in [4.78, 5) is 0. The standard InChI is InChI=1S/C5H.3CO.Mn/c1-2-4-5-3-1;3*1-2;/h1H;;;;/q-5;;;;. The molecule has 63 valence electrons. The summed E-state index contributed by atoms with van der Waals surface area (Å²) in [5.74, 6) is 0. The van der Waals surface area contributed by atoms with Gasteiger partial charge in [-0.1, -0.05) is 0 Å². The Morgan fingerprint density at radius 2 is 1.00 bits per heavy atom. The third kappa shape index (κ3) is 35.6. The van der Waals surface area contributed by atoms with Crippen LogP contribution in [0.1, 0.15) is 0 Å². The molecule has 0 fully saturated rings. The van der Waals surface area contributed by atoms with Gasteiger partial charge < -0.3 is 30.3 Å². The van der Waals surface area contributed by atoms with Crippen LogP contribution in [0.15, 0.2) is 6.07 Å². The summed E-state index contributed by atoms with van der Waals surface area (Å²) in [5, 5.41) is 0. The van der Waals surface area contributed by atoms with E-state index in [9.17, 15) is 0 Å². The Labute approximate surface area is 81.8 Å². The molecule has 12 heavy (non-hydrogen) atoms. The Bertz CT molecular complexity index is 142. The number of hydrogen-bond acceptors (Lipinski definition) is 0. The van der Waals surface area contributed by atoms with Crippen LogP contribution in [-0.4, -0.2) is 0 Å². The summed E-state index contributed by atoms with van der Waals surface area (Å²) in [6, 6.07) is 12.0. The molecule has 4 heteroatoms. The fraction of sp³-hybridized carbons (Fsp3) is 0. The zero-order valence-corrected chi connectivity index (χ0v) is 6.86. The van der Waals surface area contributed by atoms with Gasteiger partial charge in [0.1, 0.15) is 0 Å². The maximum absolute atomic E-state index is 7.50. The van der Waals surface area contributed by atoms with Crippen LogP contribution in [-0.2, 0) is 31.0 Å². The van der Waals surface area contributed by atoms with Crippen LogP contribution >= 0.6 is 0 Å². The van der Waals surface area contributed by atoms with E-state index in [0.717, 1.165) is 0 Å². The van der Waals surface area contributed by atoms with Crippen molar-refractivity contribution in [2.45, 2.75) is 0 Å². The van der Waals surface area contributed by atoms with E-state index in [1.165, 1.54) is 0 Å². The SMILES string of the molecule is [C-]#[O+].[C-]#[O+].[C-]#[O+].[Mn].[c-]1[c-][c-][cH-][c-]1. The molecule has 0 N–H and O–H groups in total. The molecule has 3 nitrogen and oxygen atoms in total. The van der Waals surface area contributed by atoms with Crippen LogP contribution < -0.4 is 0 Å². The minimum absolute atomic E-state index is 0. The van der Waals surface area contributed by atoms with Gasteiger partial charge in [0.15, 0.2) is 0 Å². The fourth-order valence-electron chi connectivity index (χ4n) is 0.180. The Morgan fingerprint density at radius 3 is 1.08 bits per heavy atom. The second kappa shape index (κ2) is 49.8. The quantitative estimate of drug-likeness (QED) is 0.332. The van der Waals surface area contributed by atoms with Crippen molar-refractivity contribution in [1.29, 1.82) is 0 Å². The monoisotopic (exact) mass is 200 g/mol. The first-order valence-electron chi connectivity index (χ1n) is 1.94. The van der Waals surface area contributed by atoms with Crippen LogP contribution in [0, 0.1) is 44.2 Å². The van der Waals surface area contributed by atoms with Gasteiger partial charge in [0.25, 0.3) is 0 Å². The summed E-state index contributed by atoms with van der Waals surface area (Å²) < 4.78 is 22.5. The van der Waals surface area contributed by atoms with Gasteiger partial charge in [-0.3, -0.25) is 0 Å². The minimum Gasteiger partial charge on any atom is -0.999 e. The van der Waals surface area contributed by atoms with Crippen LogP contribution in [0.3, 0.4) is 0 Å². The second-order valence-corrected chi connectivity index (χ2v) is 0.683. The molecule has 0 aliphatic carbocycles. The molecule has 0 saturated carbocycles. The van der Waals surface area contributed by atoms with Crippen molar-refractivity contribution in [3.63, 3.8) is 0 Å². The zero-order valence-electron chi connectivity index (χ0n) is 5.68. The van der Waals surface area contributed by atoms with Crippen molar-refractivity contribution in [2.24, 2.45) is 0 Å². The molecule has 0 heterocycles. The van der Waals surface area contributed by atoms with Gasteiger partial charge in [-0.15, -0.1) is 0 Å². The molecule has 1 aromatic rings. The van der Waals surface area contributed by atoms with Crippen LogP contribution in [0.4, 0.5) is 0 Å². The van der Waals surface area contributed by atoms with Gasteiger partial charge >= 0.3 is 33.9 Å². The normalized spacial score (nSPS) is 3.83. The molecule has 1 rings (SSSR count). The zero-order chi connectivity index (χ0) is 9.54. The van der Waals surface area contributed by atoms with Gasteiger partial charge in [-0.2, -0.15) is 0 Å². The number of hydrogen-bond donors (Lipinski definition) is 0. The minimum atomic E-state index is 0. The van der Waals surface area contributed by atoms with Crippen molar-refractivity contribution in [1.82, 2.24) is 0 Å². The molecular formula is C8HMnO3-5. The van der Waals surface area contributed by atoms with E-state index in [-0.39, 0.29) is 17.1 Å². The van der Waals surface area contributed by atoms with Gasteiger partial charge in [-0.25, -0.2) is 0 Å². The molecule has 1 aromatic carbocycles. The van der Waals surface area contributed by atoms with Crippen molar-refractivity contribution in [2.75, 3.05) is 0 Å². The average Bonchev–Trinajstić information content (AvgIpc) is 2.71. The molecule has 0 aromatic heterocycles. The van der Waals surface area contributed by atoms with Gasteiger partial charge in [0.05, 0.1) is 0 Å². The van der Waals surface area contributed by atoms with E-state index in [1.54, 1.807) is 6.07 Å². The molecule has 0 amide bonds. The predicted molar refractivity (Wildman–Crippen MR) is 29.2 cm³/mol. The summed E-state index contributed by atoms with van der Waals surface area (Å²) in [7, 11) is 0. The summed E-state index contributed by atoms with van der Waals surface area (Å²) >= 11 is 0. The summed E-state index contributed by atoms with van der Waals surface area (Å²) in [6.45, 7) is 13.5. The fourth-order valence-corrected chi connectivity index (χ4v) is 0.180. The van der Waals surface area contributed by atoms with E-state index in [0.29, 0.717) is 0 Å². The maximum Gasteiger partial charge on any atom is 0 e. The summed E-state index contributed by atoms with van der Waals surface area (Å²) in [6.07, 6.45) is 0. The first-order valence-corrected chi connectivity index (χ1v) is 1.94. The second-order valence-electron chi connectivity index (χ2n) is 0.683. The molecule has 0 unspecified atom stereocenters. The Balaban J connectivity index is -0.0000000406. The molecule has 0 aliphatic heterocycles. The first-order chi connectivity index (χ1) is 5.50. The third-order valence-corrected chi connectivity index (χ3v) is 0.351. The van der Waals surface area contributed by atoms with E-state index < -0.39 is 0 Å². The molecule has 0 saturated heterocycles. The molecule has 0 atom stereocenters.